The maximum atomic E-state index is 12.1. The molecule has 0 aliphatic carbocycles. The summed E-state index contributed by atoms with van der Waals surface area (Å²) < 4.78 is 1.48. The molecule has 0 radical (unpaired) electrons. The first-order valence-corrected chi connectivity index (χ1v) is 5.40. The molecule has 0 saturated carbocycles. The smallest absolute Gasteiger partial charge is 0.274 e. The average molecular weight is 245 g/mol. The first-order chi connectivity index (χ1) is 8.15. The van der Waals surface area contributed by atoms with Gasteiger partial charge in [0.15, 0.2) is 0 Å². The second kappa shape index (κ2) is 4.44. The molecule has 1 heterocycles. The monoisotopic (exact) mass is 244 g/mol. The van der Waals surface area contributed by atoms with Gasteiger partial charge >= 0.3 is 0 Å². The Morgan fingerprint density at radius 2 is 1.94 bits per heavy atom. The van der Waals surface area contributed by atoms with Gasteiger partial charge < -0.3 is 0 Å². The van der Waals surface area contributed by atoms with Crippen LogP contribution in [0.3, 0.4) is 0 Å². The van der Waals surface area contributed by atoms with Crippen LogP contribution in [-0.2, 0) is 0 Å². The van der Waals surface area contributed by atoms with Gasteiger partial charge in [0.25, 0.3) is 5.56 Å². The summed E-state index contributed by atoms with van der Waals surface area (Å²) in [6.07, 6.45) is 0. The number of nitriles is 1. The fraction of sp³-hybridized carbons (Fsp3) is 0.0769. The summed E-state index contributed by atoms with van der Waals surface area (Å²) in [5, 5.41) is 9.11. The number of para-hydroxylation sites is 1. The highest BCUT2D eigenvalue weighted by Crippen LogP contribution is 2.16. The minimum absolute atomic E-state index is 0.0267. The van der Waals surface area contributed by atoms with E-state index in [-0.39, 0.29) is 16.1 Å². The van der Waals surface area contributed by atoms with Crippen LogP contribution >= 0.6 is 11.6 Å². The molecule has 84 valence electrons. The molecule has 0 N–H and O–H groups in total. The number of aromatic nitrogens is 1. The Balaban J connectivity index is 2.81. The zero-order valence-corrected chi connectivity index (χ0v) is 9.90. The van der Waals surface area contributed by atoms with Crippen LogP contribution in [0, 0.1) is 18.3 Å². The first kappa shape index (κ1) is 11.4. The van der Waals surface area contributed by atoms with Crippen LogP contribution in [0.5, 0.6) is 0 Å². The Bertz CT molecular complexity index is 654. The summed E-state index contributed by atoms with van der Waals surface area (Å²) in [4.78, 5) is 12.1. The van der Waals surface area contributed by atoms with Crippen molar-refractivity contribution in [2.24, 2.45) is 0 Å². The van der Waals surface area contributed by atoms with Crippen molar-refractivity contribution < 1.29 is 0 Å². The second-order valence-electron chi connectivity index (χ2n) is 3.60. The van der Waals surface area contributed by atoms with E-state index in [1.54, 1.807) is 13.0 Å². The predicted molar refractivity (Wildman–Crippen MR) is 66.5 cm³/mol. The van der Waals surface area contributed by atoms with Gasteiger partial charge in [-0.3, -0.25) is 9.36 Å². The highest BCUT2D eigenvalue weighted by molar-refractivity contribution is 6.31. The molecule has 0 saturated heterocycles. The molecule has 1 aromatic carbocycles. The molecular formula is C13H9ClN2O. The van der Waals surface area contributed by atoms with Crippen LogP contribution < -0.4 is 5.56 Å². The zero-order valence-electron chi connectivity index (χ0n) is 9.14. The number of aryl methyl sites for hydroxylation is 1. The molecule has 1 aromatic heterocycles. The summed E-state index contributed by atoms with van der Waals surface area (Å²) in [7, 11) is 0. The molecular weight excluding hydrogens is 236 g/mol. The molecule has 0 aliphatic heterocycles. The Kier molecular flexibility index (Phi) is 2.99. The quantitative estimate of drug-likeness (QED) is 0.774. The lowest BCUT2D eigenvalue weighted by atomic mass is 10.2. The SMILES string of the molecule is Cc1cc(Cl)c(C#N)c(=O)n1-c1ccccc1. The number of halogens is 1. The number of nitrogens with zero attached hydrogens (tertiary/aromatic N) is 2. The molecule has 4 heteroatoms. The van der Waals surface area contributed by atoms with E-state index in [1.807, 2.05) is 36.4 Å². The fourth-order valence-electron chi connectivity index (χ4n) is 1.69. The van der Waals surface area contributed by atoms with E-state index in [1.165, 1.54) is 4.57 Å². The van der Waals surface area contributed by atoms with Gasteiger partial charge in [-0.1, -0.05) is 29.8 Å². The number of rotatable bonds is 1. The molecule has 0 amide bonds. The van der Waals surface area contributed by atoms with E-state index in [0.717, 1.165) is 5.69 Å². The molecule has 2 aromatic rings. The maximum absolute atomic E-state index is 12.1. The van der Waals surface area contributed by atoms with Crippen molar-refractivity contribution in [2.75, 3.05) is 0 Å². The van der Waals surface area contributed by atoms with E-state index < -0.39 is 0 Å². The lowest BCUT2D eigenvalue weighted by Crippen LogP contribution is -2.23. The number of benzene rings is 1. The lowest BCUT2D eigenvalue weighted by molar-refractivity contribution is 0.928. The Labute approximate surface area is 104 Å². The summed E-state index contributed by atoms with van der Waals surface area (Å²) in [6, 6.07) is 12.6. The van der Waals surface area contributed by atoms with E-state index in [0.29, 0.717) is 5.69 Å². The third kappa shape index (κ3) is 1.95. The summed E-state index contributed by atoms with van der Waals surface area (Å²) in [5.41, 5.74) is 1.01. The second-order valence-corrected chi connectivity index (χ2v) is 4.00. The van der Waals surface area contributed by atoms with Crippen molar-refractivity contribution in [3.63, 3.8) is 0 Å². The van der Waals surface area contributed by atoms with Gasteiger partial charge in [0.05, 0.1) is 5.02 Å². The van der Waals surface area contributed by atoms with Crippen molar-refractivity contribution in [2.45, 2.75) is 6.92 Å². The van der Waals surface area contributed by atoms with Gasteiger partial charge in [-0.2, -0.15) is 5.26 Å². The van der Waals surface area contributed by atoms with Gasteiger partial charge in [0.2, 0.25) is 0 Å². The van der Waals surface area contributed by atoms with Crippen molar-refractivity contribution >= 4 is 11.6 Å². The maximum Gasteiger partial charge on any atom is 0.274 e. The van der Waals surface area contributed by atoms with Gasteiger partial charge in [-0.25, -0.2) is 0 Å². The van der Waals surface area contributed by atoms with Gasteiger partial charge in [-0.15, -0.1) is 0 Å². The molecule has 0 unspecified atom stereocenters. The third-order valence-electron chi connectivity index (χ3n) is 2.47. The average Bonchev–Trinajstić information content (AvgIpc) is 2.30. The highest BCUT2D eigenvalue weighted by atomic mass is 35.5. The third-order valence-corrected chi connectivity index (χ3v) is 2.77. The number of hydrogen-bond acceptors (Lipinski definition) is 2. The molecule has 17 heavy (non-hydrogen) atoms. The number of hydrogen-bond donors (Lipinski definition) is 0. The molecule has 0 bridgehead atoms. The van der Waals surface area contributed by atoms with Gasteiger partial charge in [0.1, 0.15) is 11.6 Å². The topological polar surface area (TPSA) is 45.8 Å². The van der Waals surface area contributed by atoms with Crippen molar-refractivity contribution in [3.8, 4) is 11.8 Å². The molecule has 0 fully saturated rings. The predicted octanol–water partition coefficient (Wildman–Crippen LogP) is 2.67. The van der Waals surface area contributed by atoms with Crippen LogP contribution in [0.1, 0.15) is 11.3 Å². The van der Waals surface area contributed by atoms with Crippen LogP contribution in [-0.4, -0.2) is 4.57 Å². The Morgan fingerprint density at radius 1 is 1.29 bits per heavy atom. The number of pyridine rings is 1. The minimum Gasteiger partial charge on any atom is -0.280 e. The van der Waals surface area contributed by atoms with Crippen molar-refractivity contribution in [3.05, 3.63) is 63.0 Å². The molecule has 0 spiro atoms. The van der Waals surface area contributed by atoms with Crippen molar-refractivity contribution in [1.29, 1.82) is 5.26 Å². The van der Waals surface area contributed by atoms with E-state index >= 15 is 0 Å². The normalized spacial score (nSPS) is 9.94. The van der Waals surface area contributed by atoms with Crippen molar-refractivity contribution in [1.82, 2.24) is 4.57 Å². The lowest BCUT2D eigenvalue weighted by Gasteiger charge is -2.10. The summed E-state index contributed by atoms with van der Waals surface area (Å²) >= 11 is 5.86. The zero-order chi connectivity index (χ0) is 12.4. The van der Waals surface area contributed by atoms with E-state index in [4.69, 9.17) is 16.9 Å². The minimum atomic E-state index is -0.385. The fourth-order valence-corrected chi connectivity index (χ4v) is 1.97. The first-order valence-electron chi connectivity index (χ1n) is 5.03. The Hall–Kier alpha value is -2.05. The standard InChI is InChI=1S/C13H9ClN2O/c1-9-7-12(14)11(8-15)13(17)16(9)10-5-3-2-4-6-10/h2-7H,1H3. The van der Waals surface area contributed by atoms with E-state index in [9.17, 15) is 4.79 Å². The summed E-state index contributed by atoms with van der Waals surface area (Å²) in [6.45, 7) is 1.78. The van der Waals surface area contributed by atoms with Crippen LogP contribution in [0.4, 0.5) is 0 Å². The molecule has 2 rings (SSSR count). The van der Waals surface area contributed by atoms with Crippen LogP contribution in [0.15, 0.2) is 41.2 Å². The highest BCUT2D eigenvalue weighted by Gasteiger charge is 2.12. The molecule has 0 aliphatic rings. The molecule has 3 nitrogen and oxygen atoms in total. The summed E-state index contributed by atoms with van der Waals surface area (Å²) in [5.74, 6) is 0. The molecule has 0 atom stereocenters. The largest absolute Gasteiger partial charge is 0.280 e. The van der Waals surface area contributed by atoms with Crippen LogP contribution in [0.25, 0.3) is 5.69 Å². The van der Waals surface area contributed by atoms with Gasteiger partial charge in [0, 0.05) is 11.4 Å². The Morgan fingerprint density at radius 3 is 2.53 bits per heavy atom. The van der Waals surface area contributed by atoms with E-state index in [2.05, 4.69) is 0 Å². The van der Waals surface area contributed by atoms with Crippen LogP contribution in [0.2, 0.25) is 5.02 Å². The van der Waals surface area contributed by atoms with Gasteiger partial charge in [-0.05, 0) is 25.1 Å².